The van der Waals surface area contributed by atoms with Crippen LogP contribution in [0.2, 0.25) is 0 Å². The van der Waals surface area contributed by atoms with Crippen molar-refractivity contribution in [2.45, 2.75) is 26.9 Å². The number of ether oxygens (including phenoxy) is 2. The zero-order valence-electron chi connectivity index (χ0n) is 18.4. The minimum atomic E-state index is -0.226. The molecular formula is C26H30FNO3. The summed E-state index contributed by atoms with van der Waals surface area (Å²) >= 11 is 0. The van der Waals surface area contributed by atoms with Gasteiger partial charge in [0.15, 0.2) is 0 Å². The van der Waals surface area contributed by atoms with E-state index in [1.165, 1.54) is 5.57 Å². The van der Waals surface area contributed by atoms with Crippen molar-refractivity contribution >= 4 is 5.57 Å². The molecular weight excluding hydrogens is 393 g/mol. The van der Waals surface area contributed by atoms with Gasteiger partial charge in [0.25, 0.3) is 0 Å². The Labute approximate surface area is 183 Å². The molecule has 1 saturated heterocycles. The molecule has 0 bridgehead atoms. The summed E-state index contributed by atoms with van der Waals surface area (Å²) in [5.41, 5.74) is 5.35. The lowest BCUT2D eigenvalue weighted by atomic mass is 9.89. The van der Waals surface area contributed by atoms with Crippen LogP contribution < -0.4 is 9.47 Å². The molecule has 0 amide bonds. The van der Waals surface area contributed by atoms with E-state index in [0.717, 1.165) is 53.4 Å². The summed E-state index contributed by atoms with van der Waals surface area (Å²) < 4.78 is 24.8. The minimum Gasteiger partial charge on any atom is -0.508 e. The molecule has 4 nitrogen and oxygen atoms in total. The molecule has 0 aromatic heterocycles. The molecule has 1 atom stereocenters. The third kappa shape index (κ3) is 4.77. The maximum atomic E-state index is 12.5. The van der Waals surface area contributed by atoms with E-state index in [0.29, 0.717) is 6.61 Å². The Bertz CT molecular complexity index is 986. The zero-order chi connectivity index (χ0) is 22.0. The van der Waals surface area contributed by atoms with E-state index in [1.807, 2.05) is 30.3 Å². The number of likely N-dealkylation sites (tertiary alicyclic amines) is 1. The highest BCUT2D eigenvalue weighted by Crippen LogP contribution is 2.44. The first kappa shape index (κ1) is 21.4. The summed E-state index contributed by atoms with van der Waals surface area (Å²) in [6.07, 6.45) is 1.93. The highest BCUT2D eigenvalue weighted by atomic mass is 19.1. The van der Waals surface area contributed by atoms with E-state index in [2.05, 4.69) is 31.7 Å². The van der Waals surface area contributed by atoms with Gasteiger partial charge in [0.1, 0.15) is 30.0 Å². The fourth-order valence-electron chi connectivity index (χ4n) is 4.19. The second kappa shape index (κ2) is 9.15. The number of benzene rings is 2. The van der Waals surface area contributed by atoms with Gasteiger partial charge in [0, 0.05) is 36.7 Å². The fourth-order valence-corrected chi connectivity index (χ4v) is 4.19. The van der Waals surface area contributed by atoms with Gasteiger partial charge in [-0.3, -0.25) is 9.29 Å². The first-order valence-corrected chi connectivity index (χ1v) is 10.8. The Hall–Kier alpha value is -2.79. The molecule has 1 fully saturated rings. The molecule has 5 heteroatoms. The highest BCUT2D eigenvalue weighted by Gasteiger charge is 2.28. The topological polar surface area (TPSA) is 41.9 Å². The molecule has 0 spiro atoms. The number of phenols is 1. The smallest absolute Gasteiger partial charge is 0.149 e. The molecule has 2 aliphatic rings. The van der Waals surface area contributed by atoms with Gasteiger partial charge in [-0.25, -0.2) is 0 Å². The number of hydrogen-bond acceptors (Lipinski definition) is 4. The van der Waals surface area contributed by atoms with Crippen LogP contribution >= 0.6 is 0 Å². The first-order chi connectivity index (χ1) is 14.9. The van der Waals surface area contributed by atoms with Gasteiger partial charge in [-0.1, -0.05) is 23.8 Å². The largest absolute Gasteiger partial charge is 0.508 e. The van der Waals surface area contributed by atoms with E-state index >= 15 is 0 Å². The Morgan fingerprint density at radius 1 is 1.19 bits per heavy atom. The molecule has 0 aliphatic carbocycles. The van der Waals surface area contributed by atoms with Crippen LogP contribution in [0.15, 0.2) is 59.7 Å². The van der Waals surface area contributed by atoms with Crippen molar-refractivity contribution in [1.29, 1.82) is 0 Å². The molecule has 2 aliphatic heterocycles. The van der Waals surface area contributed by atoms with Gasteiger partial charge in [-0.2, -0.15) is 0 Å². The average Bonchev–Trinajstić information content (AvgIpc) is 2.72. The van der Waals surface area contributed by atoms with Crippen molar-refractivity contribution in [3.63, 3.8) is 0 Å². The number of aromatic hydroxyl groups is 1. The Morgan fingerprint density at radius 2 is 1.94 bits per heavy atom. The summed E-state index contributed by atoms with van der Waals surface area (Å²) in [5.74, 6) is 2.02. The van der Waals surface area contributed by atoms with Crippen LogP contribution in [-0.2, 0) is 0 Å². The van der Waals surface area contributed by atoms with Crippen molar-refractivity contribution in [3.8, 4) is 17.2 Å². The number of nitrogens with zero attached hydrogens (tertiary/aromatic N) is 1. The molecule has 2 aromatic carbocycles. The van der Waals surface area contributed by atoms with Crippen LogP contribution in [0, 0.1) is 5.92 Å². The van der Waals surface area contributed by atoms with Crippen molar-refractivity contribution in [2.24, 2.45) is 5.92 Å². The number of hydrogen-bond donors (Lipinski definition) is 1. The summed E-state index contributed by atoms with van der Waals surface area (Å²) in [6.45, 7) is 9.06. The maximum Gasteiger partial charge on any atom is 0.149 e. The van der Waals surface area contributed by atoms with Crippen LogP contribution in [0.4, 0.5) is 4.39 Å². The highest BCUT2D eigenvalue weighted by molar-refractivity contribution is 5.77. The Balaban J connectivity index is 1.48. The lowest BCUT2D eigenvalue weighted by Gasteiger charge is -2.37. The molecule has 31 heavy (non-hydrogen) atoms. The normalized spacial score (nSPS) is 18.8. The minimum absolute atomic E-state index is 0.204. The zero-order valence-corrected chi connectivity index (χ0v) is 18.4. The fraction of sp³-hybridized carbons (Fsp3) is 0.385. The predicted octanol–water partition coefficient (Wildman–Crippen LogP) is 5.55. The first-order valence-electron chi connectivity index (χ1n) is 10.8. The molecule has 164 valence electrons. The van der Waals surface area contributed by atoms with Crippen LogP contribution in [0.3, 0.4) is 0 Å². The van der Waals surface area contributed by atoms with E-state index in [4.69, 9.17) is 9.47 Å². The average molecular weight is 424 g/mol. The second-order valence-electron chi connectivity index (χ2n) is 8.68. The van der Waals surface area contributed by atoms with Gasteiger partial charge in [0.05, 0.1) is 6.67 Å². The van der Waals surface area contributed by atoms with Crippen molar-refractivity contribution in [1.82, 2.24) is 4.90 Å². The quantitative estimate of drug-likeness (QED) is 0.634. The number of halogens is 1. The summed E-state index contributed by atoms with van der Waals surface area (Å²) in [5, 5.41) is 9.91. The summed E-state index contributed by atoms with van der Waals surface area (Å²) in [7, 11) is 0. The molecule has 1 unspecified atom stereocenters. The number of rotatable bonds is 7. The second-order valence-corrected chi connectivity index (χ2v) is 8.68. The molecule has 4 rings (SSSR count). The van der Waals surface area contributed by atoms with Crippen LogP contribution in [0.1, 0.15) is 38.0 Å². The number of allylic oxidation sites excluding steroid dienone is 2. The van der Waals surface area contributed by atoms with Gasteiger partial charge < -0.3 is 14.6 Å². The summed E-state index contributed by atoms with van der Waals surface area (Å²) in [4.78, 5) is 2.21. The van der Waals surface area contributed by atoms with Crippen LogP contribution in [-0.4, -0.2) is 42.9 Å². The van der Waals surface area contributed by atoms with Crippen molar-refractivity contribution in [3.05, 3.63) is 70.8 Å². The van der Waals surface area contributed by atoms with Crippen molar-refractivity contribution in [2.75, 3.05) is 32.9 Å². The van der Waals surface area contributed by atoms with Crippen LogP contribution in [0.5, 0.6) is 17.2 Å². The van der Waals surface area contributed by atoms with E-state index in [9.17, 15) is 9.50 Å². The number of phenolic OH excluding ortho intramolecular Hbond substituents is 1. The van der Waals surface area contributed by atoms with Gasteiger partial charge in [0.2, 0.25) is 0 Å². The van der Waals surface area contributed by atoms with E-state index in [1.54, 1.807) is 12.1 Å². The Kier molecular flexibility index (Phi) is 6.33. The predicted molar refractivity (Wildman–Crippen MR) is 121 cm³/mol. The molecule has 2 aromatic rings. The summed E-state index contributed by atoms with van der Waals surface area (Å²) in [6, 6.07) is 13.3. The third-order valence-electron chi connectivity index (χ3n) is 5.88. The van der Waals surface area contributed by atoms with E-state index < -0.39 is 0 Å². The number of fused-ring (bicyclic) bond motifs is 1. The van der Waals surface area contributed by atoms with E-state index in [-0.39, 0.29) is 24.4 Å². The van der Waals surface area contributed by atoms with Gasteiger partial charge >= 0.3 is 0 Å². The van der Waals surface area contributed by atoms with Crippen molar-refractivity contribution < 1.29 is 19.0 Å². The molecule has 0 saturated carbocycles. The third-order valence-corrected chi connectivity index (χ3v) is 5.88. The monoisotopic (exact) mass is 423 g/mol. The molecule has 0 radical (unpaired) electrons. The lowest BCUT2D eigenvalue weighted by Crippen LogP contribution is -2.49. The maximum absolute atomic E-state index is 12.5. The van der Waals surface area contributed by atoms with Gasteiger partial charge in [-0.15, -0.1) is 0 Å². The Morgan fingerprint density at radius 3 is 2.61 bits per heavy atom. The number of alkyl halides is 1. The standard InChI is InChI=1S/C26H30FNO3/c1-17(2)12-24-18(3)23-13-21(29)6-9-25(23)31-26(24)20-4-7-22(8-5-20)30-11-10-28-15-19(14-27)16-28/h4-9,12-13,19,26,29H,10-11,14-16H2,1-3H3. The SMILES string of the molecule is CC(C)=CC1=C(C)c2cc(O)ccc2OC1c1ccc(OCCN2CC(CF)C2)cc1. The molecule has 1 N–H and O–H groups in total. The van der Waals surface area contributed by atoms with Crippen LogP contribution in [0.25, 0.3) is 5.57 Å². The van der Waals surface area contributed by atoms with Gasteiger partial charge in [-0.05, 0) is 62.2 Å². The lowest BCUT2D eigenvalue weighted by molar-refractivity contribution is 0.0668. The molecule has 2 heterocycles.